The highest BCUT2D eigenvalue weighted by Crippen LogP contribution is 2.38. The SMILES string of the molecule is C=CC(=O)Nc1cncc(NC(=O)c2ccc3sc4c(c3c2)NCC(C)NC4=O)c1.C=CC(N)=O.CN1CCCC1.C[C@@H]1CNc2c(sc3ccc(C(N)=O)cc23)C(=O)N1. The van der Waals surface area contributed by atoms with Crippen LogP contribution in [0.2, 0.25) is 0 Å². The maximum atomic E-state index is 12.8. The fourth-order valence-electron chi connectivity index (χ4n) is 6.20. The van der Waals surface area contributed by atoms with Crippen LogP contribution in [0.5, 0.6) is 0 Å². The number of likely N-dealkylation sites (tertiary alicyclic amines) is 1. The molecule has 18 heteroatoms. The summed E-state index contributed by atoms with van der Waals surface area (Å²) >= 11 is 2.81. The van der Waals surface area contributed by atoms with Crippen molar-refractivity contribution in [1.82, 2.24) is 20.5 Å². The van der Waals surface area contributed by atoms with Crippen LogP contribution in [0.25, 0.3) is 20.2 Å². The zero-order valence-electron chi connectivity index (χ0n) is 33.5. The Morgan fingerprint density at radius 3 is 1.70 bits per heavy atom. The van der Waals surface area contributed by atoms with Crippen molar-refractivity contribution in [2.45, 2.75) is 38.8 Å². The number of rotatable bonds is 6. The summed E-state index contributed by atoms with van der Waals surface area (Å²) in [5.41, 5.74) is 13.2. The van der Waals surface area contributed by atoms with Gasteiger partial charge >= 0.3 is 0 Å². The van der Waals surface area contributed by atoms with E-state index in [-0.39, 0.29) is 35.7 Å². The maximum Gasteiger partial charge on any atom is 0.263 e. The Balaban J connectivity index is 0.000000192. The fraction of sp³-hybridized carbons (Fsp3) is 0.262. The van der Waals surface area contributed by atoms with Gasteiger partial charge in [0.1, 0.15) is 9.75 Å². The van der Waals surface area contributed by atoms with E-state index in [2.05, 4.69) is 67.7 Å². The third kappa shape index (κ3) is 11.5. The third-order valence-electron chi connectivity index (χ3n) is 9.24. The fourth-order valence-corrected chi connectivity index (χ4v) is 8.33. The molecule has 0 saturated carbocycles. The molecular weight excluding hydrogens is 805 g/mol. The molecule has 8 rings (SSSR count). The number of pyridine rings is 1. The van der Waals surface area contributed by atoms with Gasteiger partial charge < -0.3 is 48.3 Å². The number of hydrogen-bond donors (Lipinski definition) is 8. The van der Waals surface area contributed by atoms with Crippen molar-refractivity contribution in [3.8, 4) is 0 Å². The second kappa shape index (κ2) is 20.4. The van der Waals surface area contributed by atoms with E-state index < -0.39 is 11.8 Å². The predicted octanol–water partition coefficient (Wildman–Crippen LogP) is 5.13. The zero-order chi connectivity index (χ0) is 43.5. The van der Waals surface area contributed by atoms with Crippen molar-refractivity contribution < 1.29 is 28.8 Å². The van der Waals surface area contributed by atoms with Crippen LogP contribution in [0.15, 0.2) is 80.2 Å². The molecule has 6 heterocycles. The number of nitrogens with zero attached hydrogens (tertiary/aromatic N) is 2. The molecule has 314 valence electrons. The van der Waals surface area contributed by atoms with Gasteiger partial charge in [-0.2, -0.15) is 0 Å². The van der Waals surface area contributed by atoms with Gasteiger partial charge in [-0.05, 0) is 101 Å². The Kier molecular flexibility index (Phi) is 15.1. The van der Waals surface area contributed by atoms with Crippen LogP contribution >= 0.6 is 22.7 Å². The molecule has 1 saturated heterocycles. The average Bonchev–Trinajstić information content (AvgIpc) is 3.91. The van der Waals surface area contributed by atoms with E-state index in [4.69, 9.17) is 5.73 Å². The number of carbonyl (C=O) groups is 6. The van der Waals surface area contributed by atoms with Crippen molar-refractivity contribution in [2.75, 3.05) is 54.5 Å². The summed E-state index contributed by atoms with van der Waals surface area (Å²) in [6.45, 7) is 14.3. The van der Waals surface area contributed by atoms with E-state index in [1.807, 2.05) is 26.0 Å². The number of amides is 6. The van der Waals surface area contributed by atoms with Crippen molar-refractivity contribution in [3.63, 3.8) is 0 Å². The first kappa shape index (κ1) is 44.5. The molecule has 0 spiro atoms. The number of aromatic nitrogens is 1. The number of fused-ring (bicyclic) bond motifs is 6. The lowest BCUT2D eigenvalue weighted by atomic mass is 10.1. The lowest BCUT2D eigenvalue weighted by molar-refractivity contribution is -0.113. The van der Waals surface area contributed by atoms with Gasteiger partial charge in [0.25, 0.3) is 17.7 Å². The first-order chi connectivity index (χ1) is 28.7. The molecule has 0 radical (unpaired) electrons. The van der Waals surface area contributed by atoms with Crippen LogP contribution in [0.3, 0.4) is 0 Å². The third-order valence-corrected chi connectivity index (χ3v) is 11.6. The summed E-state index contributed by atoms with van der Waals surface area (Å²) < 4.78 is 1.89. The Bertz CT molecular complexity index is 2460. The number of nitrogens with one attached hydrogen (secondary N) is 6. The number of thiophene rings is 2. The molecule has 60 heavy (non-hydrogen) atoms. The smallest absolute Gasteiger partial charge is 0.263 e. The first-order valence-electron chi connectivity index (χ1n) is 19.0. The van der Waals surface area contributed by atoms with E-state index >= 15 is 0 Å². The van der Waals surface area contributed by atoms with Crippen LogP contribution in [0, 0.1) is 0 Å². The Labute approximate surface area is 354 Å². The molecule has 6 amide bonds. The van der Waals surface area contributed by atoms with Gasteiger partial charge in [0, 0.05) is 56.5 Å². The van der Waals surface area contributed by atoms with E-state index in [1.54, 1.807) is 30.3 Å². The van der Waals surface area contributed by atoms with E-state index in [0.717, 1.165) is 43.7 Å². The van der Waals surface area contributed by atoms with Crippen molar-refractivity contribution in [3.05, 3.63) is 101 Å². The second-order valence-corrected chi connectivity index (χ2v) is 16.2. The van der Waals surface area contributed by atoms with Gasteiger partial charge in [-0.25, -0.2) is 0 Å². The molecule has 10 N–H and O–H groups in total. The number of anilines is 4. The number of carbonyl (C=O) groups excluding carboxylic acids is 6. The van der Waals surface area contributed by atoms with Gasteiger partial charge in [-0.1, -0.05) is 13.2 Å². The predicted molar refractivity (Wildman–Crippen MR) is 240 cm³/mol. The van der Waals surface area contributed by atoms with Gasteiger partial charge in [0.2, 0.25) is 17.7 Å². The van der Waals surface area contributed by atoms with Crippen LogP contribution in [0.1, 0.15) is 66.7 Å². The summed E-state index contributed by atoms with van der Waals surface area (Å²) in [6, 6.07) is 12.3. The topological polar surface area (TPSA) is 243 Å². The molecule has 1 unspecified atom stereocenters. The molecule has 16 nitrogen and oxygen atoms in total. The zero-order valence-corrected chi connectivity index (χ0v) is 35.1. The summed E-state index contributed by atoms with van der Waals surface area (Å²) in [4.78, 5) is 77.1. The summed E-state index contributed by atoms with van der Waals surface area (Å²) in [7, 11) is 2.17. The van der Waals surface area contributed by atoms with Crippen LogP contribution in [-0.2, 0) is 9.59 Å². The summed E-state index contributed by atoms with van der Waals surface area (Å²) in [5.74, 6) is -1.82. The first-order valence-corrected chi connectivity index (χ1v) is 20.6. The minimum Gasteiger partial charge on any atom is -0.381 e. The minimum absolute atomic E-state index is 0.0139. The van der Waals surface area contributed by atoms with Crippen LogP contribution < -0.4 is 43.4 Å². The molecule has 2 atom stereocenters. The number of nitrogens with two attached hydrogens (primary N) is 2. The highest BCUT2D eigenvalue weighted by molar-refractivity contribution is 7.22. The highest BCUT2D eigenvalue weighted by Gasteiger charge is 2.25. The quantitative estimate of drug-likeness (QED) is 0.105. The maximum absolute atomic E-state index is 12.8. The van der Waals surface area contributed by atoms with Gasteiger partial charge in [-0.3, -0.25) is 33.8 Å². The van der Waals surface area contributed by atoms with Crippen LogP contribution in [-0.4, -0.2) is 90.6 Å². The Hall–Kier alpha value is -6.63. The van der Waals surface area contributed by atoms with Crippen molar-refractivity contribution in [1.29, 1.82) is 0 Å². The molecule has 1 fully saturated rings. The molecule has 2 aromatic carbocycles. The average molecular weight is 853 g/mol. The molecular formula is C42H48N10O6S2. The van der Waals surface area contributed by atoms with Crippen molar-refractivity contribution in [2.24, 2.45) is 11.5 Å². The number of hydrogen-bond acceptors (Lipinski definition) is 12. The monoisotopic (exact) mass is 852 g/mol. The van der Waals surface area contributed by atoms with E-state index in [0.29, 0.717) is 45.3 Å². The van der Waals surface area contributed by atoms with Crippen molar-refractivity contribution >= 4 is 101 Å². The van der Waals surface area contributed by atoms with Crippen LogP contribution in [0.4, 0.5) is 22.7 Å². The summed E-state index contributed by atoms with van der Waals surface area (Å²) in [5, 5.41) is 19.5. The molecule has 3 aromatic heterocycles. The molecule has 3 aliphatic heterocycles. The minimum atomic E-state index is -0.481. The van der Waals surface area contributed by atoms with Gasteiger partial charge in [0.15, 0.2) is 0 Å². The van der Waals surface area contributed by atoms with E-state index in [9.17, 15) is 28.8 Å². The molecule has 0 aliphatic carbocycles. The Morgan fingerprint density at radius 2 is 1.25 bits per heavy atom. The normalized spacial score (nSPS) is 16.6. The second-order valence-electron chi connectivity index (χ2n) is 14.1. The van der Waals surface area contributed by atoms with Gasteiger partial charge in [-0.15, -0.1) is 22.7 Å². The molecule has 3 aliphatic rings. The standard InChI is InChI=1S/C21H19N5O3S.C13H13N3O2S.C5H11N.C3H5NO/c1-3-17(27)25-13-7-14(10-22-9-13)26-20(28)12-4-5-16-15(6-12)18-19(30-16)21(29)24-11(2)8-23-18;1-6-5-15-10-8-4-7(12(14)17)2-3-9(8)19-11(10)13(18)16-6;1-6-4-2-3-5-6;1-2-3(4)5/h3-7,9-11,23H,1,8H2,2H3,(H,24,29)(H,25,27)(H,26,28);2-4,6,15H,5H2,1H3,(H2,14,17)(H,16,18);2-5H2,1H3;2H,1H2,(H2,4,5)/t;6-;;/m.1../s1. The lowest BCUT2D eigenvalue weighted by Gasteiger charge is -2.10. The number of benzene rings is 2. The van der Waals surface area contributed by atoms with E-state index in [1.165, 1.54) is 61.0 Å². The summed E-state index contributed by atoms with van der Waals surface area (Å²) in [6.07, 6.45) is 8.00. The number of primary amides is 2. The lowest BCUT2D eigenvalue weighted by Crippen LogP contribution is -2.34. The van der Waals surface area contributed by atoms with Gasteiger partial charge in [0.05, 0.1) is 35.1 Å². The largest absolute Gasteiger partial charge is 0.381 e. The molecule has 0 bridgehead atoms. The molecule has 5 aromatic rings. The highest BCUT2D eigenvalue weighted by atomic mass is 32.1. The Morgan fingerprint density at radius 1 is 0.767 bits per heavy atom.